The highest BCUT2D eigenvalue weighted by atomic mass is 79.9. The van der Waals surface area contributed by atoms with Gasteiger partial charge in [0.2, 0.25) is 5.91 Å². The van der Waals surface area contributed by atoms with E-state index in [1.807, 2.05) is 36.4 Å². The normalized spacial score (nSPS) is 12.1. The van der Waals surface area contributed by atoms with Crippen LogP contribution >= 0.6 is 15.9 Å². The van der Waals surface area contributed by atoms with Crippen LogP contribution in [0.2, 0.25) is 0 Å². The second-order valence-corrected chi connectivity index (χ2v) is 7.07. The third kappa shape index (κ3) is 4.19. The predicted molar refractivity (Wildman–Crippen MR) is 106 cm³/mol. The van der Waals surface area contributed by atoms with Gasteiger partial charge in [0.15, 0.2) is 0 Å². The average molecular weight is 414 g/mol. The summed E-state index contributed by atoms with van der Waals surface area (Å²) in [4.78, 5) is 29.4. The fraction of sp³-hybridized carbons (Fsp3) is 0.250. The van der Waals surface area contributed by atoms with Crippen LogP contribution in [0.5, 0.6) is 0 Å². The average Bonchev–Trinajstić information content (AvgIpc) is 2.65. The zero-order chi connectivity index (χ0) is 18.5. The summed E-state index contributed by atoms with van der Waals surface area (Å²) in [5.74, 6) is -0.203. The molecule has 0 aliphatic heterocycles. The minimum absolute atomic E-state index is 0.0542. The number of nitrogens with one attached hydrogen (secondary N) is 1. The van der Waals surface area contributed by atoms with Crippen molar-refractivity contribution in [2.24, 2.45) is 0 Å². The van der Waals surface area contributed by atoms with E-state index in [0.717, 1.165) is 22.9 Å². The molecule has 1 N–H and O–H groups in total. The Hall–Kier alpha value is -2.47. The Labute approximate surface area is 160 Å². The van der Waals surface area contributed by atoms with E-state index in [1.165, 1.54) is 10.9 Å². The third-order valence-corrected chi connectivity index (χ3v) is 4.71. The molecule has 1 aromatic heterocycles. The van der Waals surface area contributed by atoms with Gasteiger partial charge in [-0.15, -0.1) is 0 Å². The Bertz CT molecular complexity index is 970. The molecule has 3 rings (SSSR count). The number of carbonyl (C=O) groups excluding carboxylic acids is 1. The van der Waals surface area contributed by atoms with Crippen LogP contribution in [0.3, 0.4) is 0 Å². The number of carbonyl (C=O) groups is 1. The second kappa shape index (κ2) is 8.27. The predicted octanol–water partition coefficient (Wildman–Crippen LogP) is 3.82. The molecule has 5 nitrogen and oxygen atoms in total. The van der Waals surface area contributed by atoms with Crippen molar-refractivity contribution in [1.82, 2.24) is 14.9 Å². The van der Waals surface area contributed by atoms with Crippen molar-refractivity contribution >= 4 is 32.7 Å². The fourth-order valence-electron chi connectivity index (χ4n) is 2.93. The molecule has 2 aromatic carbocycles. The minimum Gasteiger partial charge on any atom is -0.348 e. The maximum absolute atomic E-state index is 12.6. The molecule has 0 spiro atoms. The van der Waals surface area contributed by atoms with Gasteiger partial charge < -0.3 is 5.32 Å². The highest BCUT2D eigenvalue weighted by molar-refractivity contribution is 9.10. The minimum atomic E-state index is -0.224. The van der Waals surface area contributed by atoms with E-state index in [2.05, 4.69) is 33.2 Å². The Morgan fingerprint density at radius 2 is 2.00 bits per heavy atom. The van der Waals surface area contributed by atoms with Crippen molar-refractivity contribution in [2.75, 3.05) is 0 Å². The maximum Gasteiger partial charge on any atom is 0.261 e. The lowest BCUT2D eigenvalue weighted by molar-refractivity contribution is -0.122. The zero-order valence-electron chi connectivity index (χ0n) is 14.5. The van der Waals surface area contributed by atoms with Gasteiger partial charge in [-0.05, 0) is 30.2 Å². The summed E-state index contributed by atoms with van der Waals surface area (Å²) >= 11 is 3.36. The second-order valence-electron chi connectivity index (χ2n) is 6.16. The molecule has 0 radical (unpaired) electrons. The van der Waals surface area contributed by atoms with Crippen molar-refractivity contribution in [1.29, 1.82) is 0 Å². The number of fused-ring (bicyclic) bond motifs is 1. The van der Waals surface area contributed by atoms with Gasteiger partial charge in [-0.25, -0.2) is 4.98 Å². The van der Waals surface area contributed by atoms with Gasteiger partial charge in [0.05, 0.1) is 23.3 Å². The first-order valence-electron chi connectivity index (χ1n) is 8.57. The van der Waals surface area contributed by atoms with E-state index in [1.54, 1.807) is 12.1 Å². The number of hydrogen-bond acceptors (Lipinski definition) is 3. The number of halogens is 1. The number of nitrogens with zero attached hydrogens (tertiary/aromatic N) is 2. The van der Waals surface area contributed by atoms with Crippen LogP contribution in [0.4, 0.5) is 0 Å². The van der Waals surface area contributed by atoms with Crippen molar-refractivity contribution in [3.8, 4) is 0 Å². The lowest BCUT2D eigenvalue weighted by Crippen LogP contribution is -2.34. The molecule has 6 heteroatoms. The van der Waals surface area contributed by atoms with Crippen molar-refractivity contribution in [3.63, 3.8) is 0 Å². The van der Waals surface area contributed by atoms with Crippen LogP contribution in [-0.2, 0) is 11.3 Å². The number of rotatable bonds is 6. The van der Waals surface area contributed by atoms with Crippen molar-refractivity contribution < 1.29 is 4.79 Å². The van der Waals surface area contributed by atoms with E-state index < -0.39 is 0 Å². The van der Waals surface area contributed by atoms with Crippen LogP contribution in [-0.4, -0.2) is 15.5 Å². The Morgan fingerprint density at radius 3 is 2.73 bits per heavy atom. The van der Waals surface area contributed by atoms with Gasteiger partial charge in [0.25, 0.3) is 5.56 Å². The number of hydrogen-bond donors (Lipinski definition) is 1. The third-order valence-electron chi connectivity index (χ3n) is 4.21. The highest BCUT2D eigenvalue weighted by Gasteiger charge is 2.15. The van der Waals surface area contributed by atoms with E-state index in [-0.39, 0.29) is 24.1 Å². The fourth-order valence-corrected chi connectivity index (χ4v) is 3.30. The molecular formula is C20H20BrN3O2. The van der Waals surface area contributed by atoms with Gasteiger partial charge in [-0.2, -0.15) is 0 Å². The Balaban J connectivity index is 1.80. The quantitative estimate of drug-likeness (QED) is 0.667. The smallest absolute Gasteiger partial charge is 0.261 e. The first-order chi connectivity index (χ1) is 12.6. The number of benzene rings is 2. The summed E-state index contributed by atoms with van der Waals surface area (Å²) in [7, 11) is 0. The van der Waals surface area contributed by atoms with Gasteiger partial charge in [-0.1, -0.05) is 59.6 Å². The molecule has 0 aliphatic rings. The van der Waals surface area contributed by atoms with Crippen LogP contribution in [0.15, 0.2) is 64.1 Å². The van der Waals surface area contributed by atoms with E-state index in [4.69, 9.17) is 0 Å². The first kappa shape index (κ1) is 18.3. The molecular weight excluding hydrogens is 394 g/mol. The van der Waals surface area contributed by atoms with Gasteiger partial charge >= 0.3 is 0 Å². The summed E-state index contributed by atoms with van der Waals surface area (Å²) in [5, 5.41) is 3.52. The van der Waals surface area contributed by atoms with E-state index in [0.29, 0.717) is 10.9 Å². The summed E-state index contributed by atoms with van der Waals surface area (Å²) in [5.41, 5.74) is 1.46. The summed E-state index contributed by atoms with van der Waals surface area (Å²) in [6.45, 7) is 2.03. The molecule has 1 atom stereocenters. The molecule has 0 aliphatic carbocycles. The lowest BCUT2D eigenvalue weighted by Gasteiger charge is -2.19. The molecule has 0 saturated heterocycles. The van der Waals surface area contributed by atoms with Crippen LogP contribution in [0, 0.1) is 0 Å². The van der Waals surface area contributed by atoms with Crippen LogP contribution in [0.1, 0.15) is 31.4 Å². The SMILES string of the molecule is CCCC(NC(=O)Cn1cnc2ccc(Br)cc2c1=O)c1ccccc1. The molecule has 26 heavy (non-hydrogen) atoms. The molecule has 1 amide bonds. The molecule has 0 saturated carbocycles. The zero-order valence-corrected chi connectivity index (χ0v) is 16.1. The van der Waals surface area contributed by atoms with E-state index in [9.17, 15) is 9.59 Å². The monoisotopic (exact) mass is 413 g/mol. The van der Waals surface area contributed by atoms with E-state index >= 15 is 0 Å². The van der Waals surface area contributed by atoms with Crippen molar-refractivity contribution in [2.45, 2.75) is 32.4 Å². The van der Waals surface area contributed by atoms with Crippen LogP contribution in [0.25, 0.3) is 10.9 Å². The summed E-state index contributed by atoms with van der Waals surface area (Å²) in [6, 6.07) is 15.1. The number of amides is 1. The molecule has 1 unspecified atom stereocenters. The number of aromatic nitrogens is 2. The van der Waals surface area contributed by atoms with Gasteiger partial charge in [0, 0.05) is 4.47 Å². The Kier molecular flexibility index (Phi) is 5.83. The molecule has 1 heterocycles. The Morgan fingerprint density at radius 1 is 1.23 bits per heavy atom. The maximum atomic E-state index is 12.6. The molecule has 134 valence electrons. The highest BCUT2D eigenvalue weighted by Crippen LogP contribution is 2.18. The van der Waals surface area contributed by atoms with Crippen molar-refractivity contribution in [3.05, 3.63) is 75.2 Å². The largest absolute Gasteiger partial charge is 0.348 e. The van der Waals surface area contributed by atoms with Gasteiger partial charge in [-0.3, -0.25) is 14.2 Å². The summed E-state index contributed by atoms with van der Waals surface area (Å²) in [6.07, 6.45) is 3.22. The lowest BCUT2D eigenvalue weighted by atomic mass is 10.0. The summed E-state index contributed by atoms with van der Waals surface area (Å²) < 4.78 is 2.15. The van der Waals surface area contributed by atoms with Crippen LogP contribution < -0.4 is 10.9 Å². The molecule has 0 fully saturated rings. The molecule has 0 bridgehead atoms. The molecule has 3 aromatic rings. The standard InChI is InChI=1S/C20H20BrN3O2/c1-2-6-17(14-7-4-3-5-8-14)23-19(25)12-24-13-22-18-10-9-15(21)11-16(18)20(24)26/h3-5,7-11,13,17H,2,6,12H2,1H3,(H,23,25). The first-order valence-corrected chi connectivity index (χ1v) is 9.37. The topological polar surface area (TPSA) is 64.0 Å². The van der Waals surface area contributed by atoms with Gasteiger partial charge in [0.1, 0.15) is 6.54 Å².